The lowest BCUT2D eigenvalue weighted by Crippen LogP contribution is -2.14. The first kappa shape index (κ1) is 19.1. The van der Waals surface area contributed by atoms with Gasteiger partial charge in [0.15, 0.2) is 23.3 Å². The molecule has 142 valence electrons. The van der Waals surface area contributed by atoms with E-state index in [0.29, 0.717) is 0 Å². The lowest BCUT2D eigenvalue weighted by Gasteiger charge is -2.08. The third-order valence-electron chi connectivity index (χ3n) is 3.76. The van der Waals surface area contributed by atoms with Crippen molar-refractivity contribution in [1.29, 1.82) is 0 Å². The van der Waals surface area contributed by atoms with E-state index in [1.165, 1.54) is 36.4 Å². The standard InChI is InChI=1S/C20H12F4N2O2/c21-15-7-5-13(9-17(15)23)25-19(27)11-1-2-12(4-3-11)20(28)26-14-6-8-16(22)18(24)10-14/h1-10H,(H,25,27)(H,26,28). The maximum absolute atomic E-state index is 13.2. The molecule has 2 amide bonds. The zero-order valence-corrected chi connectivity index (χ0v) is 14.1. The van der Waals surface area contributed by atoms with Crippen LogP contribution in [0.3, 0.4) is 0 Å². The van der Waals surface area contributed by atoms with Gasteiger partial charge in [-0.2, -0.15) is 0 Å². The SMILES string of the molecule is O=C(Nc1ccc(F)c(F)c1)c1ccc(C(=O)Nc2ccc(F)c(F)c2)cc1. The Kier molecular flexibility index (Phi) is 5.39. The molecule has 0 unspecified atom stereocenters. The van der Waals surface area contributed by atoms with Gasteiger partial charge in [0.2, 0.25) is 0 Å². The summed E-state index contributed by atoms with van der Waals surface area (Å²) in [6, 6.07) is 11.3. The molecule has 0 spiro atoms. The molecule has 0 fully saturated rings. The highest BCUT2D eigenvalue weighted by atomic mass is 19.2. The Bertz CT molecular complexity index is 968. The first-order chi connectivity index (χ1) is 13.3. The monoisotopic (exact) mass is 388 g/mol. The molecule has 0 saturated heterocycles. The molecule has 4 nitrogen and oxygen atoms in total. The van der Waals surface area contributed by atoms with E-state index in [0.717, 1.165) is 24.3 Å². The van der Waals surface area contributed by atoms with Crippen molar-refractivity contribution in [2.45, 2.75) is 0 Å². The number of anilines is 2. The van der Waals surface area contributed by atoms with Crippen molar-refractivity contribution in [3.63, 3.8) is 0 Å². The summed E-state index contributed by atoms with van der Waals surface area (Å²) in [7, 11) is 0. The zero-order chi connectivity index (χ0) is 20.3. The van der Waals surface area contributed by atoms with Gasteiger partial charge in [0.1, 0.15) is 0 Å². The number of rotatable bonds is 4. The number of benzene rings is 3. The van der Waals surface area contributed by atoms with Crippen LogP contribution >= 0.6 is 0 Å². The second-order valence-corrected chi connectivity index (χ2v) is 5.74. The highest BCUT2D eigenvalue weighted by Crippen LogP contribution is 2.16. The molecule has 2 N–H and O–H groups in total. The van der Waals surface area contributed by atoms with Crippen molar-refractivity contribution in [3.8, 4) is 0 Å². The van der Waals surface area contributed by atoms with Crippen LogP contribution in [0.5, 0.6) is 0 Å². The van der Waals surface area contributed by atoms with Crippen molar-refractivity contribution in [1.82, 2.24) is 0 Å². The van der Waals surface area contributed by atoms with E-state index >= 15 is 0 Å². The van der Waals surface area contributed by atoms with E-state index in [9.17, 15) is 27.2 Å². The Balaban J connectivity index is 1.67. The van der Waals surface area contributed by atoms with Gasteiger partial charge in [-0.15, -0.1) is 0 Å². The molecule has 8 heteroatoms. The van der Waals surface area contributed by atoms with Crippen LogP contribution in [0.25, 0.3) is 0 Å². The molecular weight excluding hydrogens is 376 g/mol. The fourth-order valence-electron chi connectivity index (χ4n) is 2.33. The van der Waals surface area contributed by atoms with Crippen LogP contribution in [-0.2, 0) is 0 Å². The van der Waals surface area contributed by atoms with E-state index in [4.69, 9.17) is 0 Å². The molecule has 0 aliphatic carbocycles. The number of hydrogen-bond acceptors (Lipinski definition) is 2. The van der Waals surface area contributed by atoms with Gasteiger partial charge >= 0.3 is 0 Å². The number of carbonyl (C=O) groups excluding carboxylic acids is 2. The smallest absolute Gasteiger partial charge is 0.255 e. The van der Waals surface area contributed by atoms with Crippen molar-refractivity contribution >= 4 is 23.2 Å². The van der Waals surface area contributed by atoms with Gasteiger partial charge in [0, 0.05) is 34.6 Å². The van der Waals surface area contributed by atoms with Crippen LogP contribution in [0.2, 0.25) is 0 Å². The molecule has 0 aliphatic heterocycles. The third kappa shape index (κ3) is 4.35. The van der Waals surface area contributed by atoms with Crippen molar-refractivity contribution < 1.29 is 27.2 Å². The van der Waals surface area contributed by atoms with Crippen LogP contribution in [0, 0.1) is 23.3 Å². The molecule has 0 aromatic heterocycles. The first-order valence-electron chi connectivity index (χ1n) is 7.96. The summed E-state index contributed by atoms with van der Waals surface area (Å²) in [4.78, 5) is 24.3. The van der Waals surface area contributed by atoms with Crippen molar-refractivity contribution in [2.24, 2.45) is 0 Å². The van der Waals surface area contributed by atoms with Crippen LogP contribution in [-0.4, -0.2) is 11.8 Å². The molecule has 0 radical (unpaired) electrons. The van der Waals surface area contributed by atoms with Gasteiger partial charge in [0.05, 0.1) is 0 Å². The largest absolute Gasteiger partial charge is 0.322 e. The Morgan fingerprint density at radius 2 is 0.893 bits per heavy atom. The average molecular weight is 388 g/mol. The van der Waals surface area contributed by atoms with E-state index in [-0.39, 0.29) is 22.5 Å². The Hall–Kier alpha value is -3.68. The summed E-state index contributed by atoms with van der Waals surface area (Å²) in [5, 5.41) is 4.81. The van der Waals surface area contributed by atoms with E-state index in [2.05, 4.69) is 10.6 Å². The molecule has 3 aromatic carbocycles. The minimum absolute atomic E-state index is 0.0732. The van der Waals surface area contributed by atoms with Crippen molar-refractivity contribution in [3.05, 3.63) is 95.1 Å². The second kappa shape index (κ2) is 7.91. The van der Waals surface area contributed by atoms with Crippen LogP contribution < -0.4 is 10.6 Å². The quantitative estimate of drug-likeness (QED) is 0.634. The number of nitrogens with one attached hydrogen (secondary N) is 2. The predicted molar refractivity (Wildman–Crippen MR) is 95.1 cm³/mol. The molecule has 3 aromatic rings. The van der Waals surface area contributed by atoms with Gasteiger partial charge in [-0.1, -0.05) is 0 Å². The normalized spacial score (nSPS) is 10.4. The zero-order valence-electron chi connectivity index (χ0n) is 14.1. The summed E-state index contributed by atoms with van der Waals surface area (Å²) in [5.41, 5.74) is 0.497. The molecule has 0 heterocycles. The van der Waals surface area contributed by atoms with Crippen molar-refractivity contribution in [2.75, 3.05) is 10.6 Å². The Morgan fingerprint density at radius 1 is 0.536 bits per heavy atom. The Labute approximate surface area is 156 Å². The van der Waals surface area contributed by atoms with Gasteiger partial charge in [0.25, 0.3) is 11.8 Å². The number of hydrogen-bond donors (Lipinski definition) is 2. The molecular formula is C20H12F4N2O2. The number of carbonyl (C=O) groups is 2. The van der Waals surface area contributed by atoms with E-state index in [1.807, 2.05) is 0 Å². The summed E-state index contributed by atoms with van der Waals surface area (Å²) in [6.07, 6.45) is 0. The molecule has 0 bridgehead atoms. The fraction of sp³-hybridized carbons (Fsp3) is 0. The summed E-state index contributed by atoms with van der Waals surface area (Å²) >= 11 is 0. The van der Waals surface area contributed by atoms with Gasteiger partial charge in [-0.25, -0.2) is 17.6 Å². The Morgan fingerprint density at radius 3 is 1.21 bits per heavy atom. The van der Waals surface area contributed by atoms with Gasteiger partial charge in [-0.3, -0.25) is 9.59 Å². The van der Waals surface area contributed by atoms with Gasteiger partial charge in [-0.05, 0) is 48.5 Å². The lowest BCUT2D eigenvalue weighted by atomic mass is 10.1. The summed E-state index contributed by atoms with van der Waals surface area (Å²) < 4.78 is 52.2. The molecule has 3 rings (SSSR count). The fourth-order valence-corrected chi connectivity index (χ4v) is 2.33. The van der Waals surface area contributed by atoms with Crippen LogP contribution in [0.15, 0.2) is 60.7 Å². The maximum Gasteiger partial charge on any atom is 0.255 e. The summed E-state index contributed by atoms with van der Waals surface area (Å²) in [5.74, 6) is -5.43. The second-order valence-electron chi connectivity index (χ2n) is 5.74. The molecule has 28 heavy (non-hydrogen) atoms. The van der Waals surface area contributed by atoms with E-state index < -0.39 is 35.1 Å². The predicted octanol–water partition coefficient (Wildman–Crippen LogP) is 4.75. The maximum atomic E-state index is 13.2. The van der Waals surface area contributed by atoms with Crippen LogP contribution in [0.4, 0.5) is 28.9 Å². The summed E-state index contributed by atoms with van der Waals surface area (Å²) in [6.45, 7) is 0. The first-order valence-corrected chi connectivity index (χ1v) is 7.96. The lowest BCUT2D eigenvalue weighted by molar-refractivity contribution is 0.101. The average Bonchev–Trinajstić information content (AvgIpc) is 2.67. The third-order valence-corrected chi connectivity index (χ3v) is 3.76. The highest BCUT2D eigenvalue weighted by molar-refractivity contribution is 6.07. The molecule has 0 aliphatic rings. The highest BCUT2D eigenvalue weighted by Gasteiger charge is 2.12. The number of amides is 2. The molecule has 0 atom stereocenters. The topological polar surface area (TPSA) is 58.2 Å². The number of halogens is 4. The van der Waals surface area contributed by atoms with Gasteiger partial charge < -0.3 is 10.6 Å². The molecule has 0 saturated carbocycles. The minimum Gasteiger partial charge on any atom is -0.322 e. The van der Waals surface area contributed by atoms with Crippen LogP contribution in [0.1, 0.15) is 20.7 Å². The van der Waals surface area contributed by atoms with E-state index in [1.54, 1.807) is 0 Å². The minimum atomic E-state index is -1.10.